The van der Waals surface area contributed by atoms with E-state index in [0.29, 0.717) is 16.8 Å². The summed E-state index contributed by atoms with van der Waals surface area (Å²) >= 11 is 6.02. The van der Waals surface area contributed by atoms with Gasteiger partial charge >= 0.3 is 0 Å². The highest BCUT2D eigenvalue weighted by Gasteiger charge is 2.23. The number of carbonyl (C=O) groups excluding carboxylic acids is 1. The molecule has 0 radical (unpaired) electrons. The van der Waals surface area contributed by atoms with Crippen LogP contribution >= 0.6 is 11.6 Å². The summed E-state index contributed by atoms with van der Waals surface area (Å²) < 4.78 is 0. The van der Waals surface area contributed by atoms with E-state index < -0.39 is 0 Å². The minimum Gasteiger partial charge on any atom is -0.384 e. The molecule has 2 N–H and O–H groups in total. The van der Waals surface area contributed by atoms with E-state index in [4.69, 9.17) is 17.3 Å². The van der Waals surface area contributed by atoms with E-state index in [-0.39, 0.29) is 11.6 Å². The second-order valence-electron chi connectivity index (χ2n) is 5.50. The number of likely N-dealkylation sites (tertiary alicyclic amines) is 1. The highest BCUT2D eigenvalue weighted by molar-refractivity contribution is 6.33. The average molecular weight is 297 g/mol. The van der Waals surface area contributed by atoms with Gasteiger partial charge in [-0.1, -0.05) is 11.6 Å². The molecule has 6 heteroatoms. The van der Waals surface area contributed by atoms with Gasteiger partial charge < -0.3 is 15.5 Å². The number of rotatable bonds is 3. The molecular weight excluding hydrogens is 276 g/mol. The van der Waals surface area contributed by atoms with Crippen molar-refractivity contribution in [1.29, 1.82) is 0 Å². The number of aromatic nitrogens is 1. The predicted molar refractivity (Wildman–Crippen MR) is 80.8 cm³/mol. The van der Waals surface area contributed by atoms with Gasteiger partial charge in [0.1, 0.15) is 11.5 Å². The number of hydrogen-bond donors (Lipinski definition) is 1. The van der Waals surface area contributed by atoms with E-state index >= 15 is 0 Å². The maximum absolute atomic E-state index is 12.4. The summed E-state index contributed by atoms with van der Waals surface area (Å²) in [5.74, 6) is 0.687. The van der Waals surface area contributed by atoms with Gasteiger partial charge in [-0.15, -0.1) is 0 Å². The summed E-state index contributed by atoms with van der Waals surface area (Å²) in [6, 6.07) is 3.20. The maximum Gasteiger partial charge on any atom is 0.273 e. The highest BCUT2D eigenvalue weighted by atomic mass is 35.5. The Labute approximate surface area is 124 Å². The largest absolute Gasteiger partial charge is 0.384 e. The zero-order chi connectivity index (χ0) is 14.7. The maximum atomic E-state index is 12.4. The smallest absolute Gasteiger partial charge is 0.273 e. The fraction of sp³-hybridized carbons (Fsp3) is 0.571. The first-order valence-corrected chi connectivity index (χ1v) is 7.21. The number of anilines is 1. The highest BCUT2D eigenvalue weighted by Crippen LogP contribution is 2.20. The van der Waals surface area contributed by atoms with E-state index in [2.05, 4.69) is 16.9 Å². The predicted octanol–water partition coefficient (Wildman–Crippen LogP) is 1.73. The lowest BCUT2D eigenvalue weighted by molar-refractivity contribution is 0.0742. The van der Waals surface area contributed by atoms with Crippen LogP contribution in [0.1, 0.15) is 23.3 Å². The Balaban J connectivity index is 1.99. The molecule has 5 nitrogen and oxygen atoms in total. The van der Waals surface area contributed by atoms with E-state index in [9.17, 15) is 4.79 Å². The summed E-state index contributed by atoms with van der Waals surface area (Å²) in [7, 11) is 3.92. The lowest BCUT2D eigenvalue weighted by atomic mass is 9.96. The number of amides is 1. The molecule has 1 aromatic rings. The van der Waals surface area contributed by atoms with Crippen LogP contribution in [0.5, 0.6) is 0 Å². The van der Waals surface area contributed by atoms with Crippen LogP contribution < -0.4 is 5.73 Å². The Morgan fingerprint density at radius 1 is 1.50 bits per heavy atom. The number of halogens is 1. The molecule has 1 saturated heterocycles. The zero-order valence-corrected chi connectivity index (χ0v) is 12.7. The van der Waals surface area contributed by atoms with E-state index in [1.54, 1.807) is 24.1 Å². The summed E-state index contributed by atoms with van der Waals surface area (Å²) in [6.45, 7) is 2.91. The van der Waals surface area contributed by atoms with Crippen LogP contribution in [0.4, 0.5) is 5.82 Å². The zero-order valence-electron chi connectivity index (χ0n) is 12.0. The fourth-order valence-corrected chi connectivity index (χ4v) is 2.69. The molecule has 0 aromatic carbocycles. The number of carbonyl (C=O) groups is 1. The lowest BCUT2D eigenvalue weighted by Gasteiger charge is -2.31. The second kappa shape index (κ2) is 6.41. The molecule has 1 aliphatic rings. The molecule has 2 heterocycles. The molecule has 0 unspecified atom stereocenters. The van der Waals surface area contributed by atoms with Crippen LogP contribution in [0, 0.1) is 5.92 Å². The lowest BCUT2D eigenvalue weighted by Crippen LogP contribution is -2.38. The van der Waals surface area contributed by atoms with Crippen molar-refractivity contribution >= 4 is 23.3 Å². The number of nitrogens with two attached hydrogens (primary N) is 1. The van der Waals surface area contributed by atoms with Crippen molar-refractivity contribution in [2.24, 2.45) is 5.92 Å². The minimum absolute atomic E-state index is 0.166. The van der Waals surface area contributed by atoms with Gasteiger partial charge in [-0.05, 0) is 51.0 Å². The summed E-state index contributed by atoms with van der Waals surface area (Å²) in [4.78, 5) is 20.4. The van der Waals surface area contributed by atoms with Crippen LogP contribution in [0.25, 0.3) is 0 Å². The van der Waals surface area contributed by atoms with Gasteiger partial charge in [0.15, 0.2) is 0 Å². The van der Waals surface area contributed by atoms with Crippen molar-refractivity contribution in [3.05, 3.63) is 22.8 Å². The molecule has 1 amide bonds. The standard InChI is InChI=1S/C14H21ClN4O/c1-18-7-5-10(6-8-18)9-19(2)14(20)13-11(15)3-4-12(16)17-13/h3-4,10H,5-9H2,1-2H3,(H2,16,17). The van der Waals surface area contributed by atoms with Gasteiger partial charge in [0.2, 0.25) is 0 Å². The van der Waals surface area contributed by atoms with Crippen LogP contribution in [-0.2, 0) is 0 Å². The quantitative estimate of drug-likeness (QED) is 0.923. The van der Waals surface area contributed by atoms with Crippen molar-refractivity contribution in [2.75, 3.05) is 39.5 Å². The van der Waals surface area contributed by atoms with Crippen molar-refractivity contribution < 1.29 is 4.79 Å². The van der Waals surface area contributed by atoms with Gasteiger partial charge in [0.25, 0.3) is 5.91 Å². The average Bonchev–Trinajstić information content (AvgIpc) is 2.43. The molecule has 20 heavy (non-hydrogen) atoms. The Hall–Kier alpha value is -1.33. The first kappa shape index (κ1) is 15.1. The number of piperidine rings is 1. The van der Waals surface area contributed by atoms with Gasteiger partial charge in [-0.25, -0.2) is 4.98 Å². The molecule has 1 aromatic heterocycles. The van der Waals surface area contributed by atoms with Crippen LogP contribution in [0.15, 0.2) is 12.1 Å². The summed E-state index contributed by atoms with van der Waals surface area (Å²) in [5.41, 5.74) is 5.86. The second-order valence-corrected chi connectivity index (χ2v) is 5.91. The molecule has 2 rings (SSSR count). The van der Waals surface area contributed by atoms with Crippen molar-refractivity contribution in [3.8, 4) is 0 Å². The minimum atomic E-state index is -0.166. The van der Waals surface area contributed by atoms with Crippen LogP contribution in [-0.4, -0.2) is 54.4 Å². The first-order valence-electron chi connectivity index (χ1n) is 6.83. The molecule has 0 aliphatic carbocycles. The molecule has 1 fully saturated rings. The molecule has 0 bridgehead atoms. The molecular formula is C14H21ClN4O. The van der Waals surface area contributed by atoms with Gasteiger partial charge in [-0.3, -0.25) is 4.79 Å². The fourth-order valence-electron chi connectivity index (χ4n) is 2.50. The number of pyridine rings is 1. The van der Waals surface area contributed by atoms with Crippen molar-refractivity contribution in [1.82, 2.24) is 14.8 Å². The normalized spacial score (nSPS) is 17.1. The molecule has 0 atom stereocenters. The summed E-state index contributed by atoms with van der Waals surface area (Å²) in [5, 5.41) is 0.347. The third-order valence-electron chi connectivity index (χ3n) is 3.79. The SMILES string of the molecule is CN1CCC(CN(C)C(=O)c2nc(N)ccc2Cl)CC1. The Kier molecular flexibility index (Phi) is 4.83. The topological polar surface area (TPSA) is 62.5 Å². The molecule has 110 valence electrons. The molecule has 0 spiro atoms. The van der Waals surface area contributed by atoms with Gasteiger partial charge in [0, 0.05) is 13.6 Å². The monoisotopic (exact) mass is 296 g/mol. The third-order valence-corrected chi connectivity index (χ3v) is 4.09. The number of nitrogen functional groups attached to an aromatic ring is 1. The molecule has 1 aliphatic heterocycles. The van der Waals surface area contributed by atoms with Crippen LogP contribution in [0.3, 0.4) is 0 Å². The Bertz CT molecular complexity index is 486. The number of nitrogens with zero attached hydrogens (tertiary/aromatic N) is 3. The van der Waals surface area contributed by atoms with Gasteiger partial charge in [-0.2, -0.15) is 0 Å². The Morgan fingerprint density at radius 3 is 2.80 bits per heavy atom. The number of hydrogen-bond acceptors (Lipinski definition) is 4. The van der Waals surface area contributed by atoms with E-state index in [1.807, 2.05) is 0 Å². The van der Waals surface area contributed by atoms with E-state index in [1.165, 1.54) is 0 Å². The Morgan fingerprint density at radius 2 is 2.15 bits per heavy atom. The van der Waals surface area contributed by atoms with Crippen molar-refractivity contribution in [3.63, 3.8) is 0 Å². The summed E-state index contributed by atoms with van der Waals surface area (Å²) in [6.07, 6.45) is 2.23. The van der Waals surface area contributed by atoms with E-state index in [0.717, 1.165) is 32.5 Å². The van der Waals surface area contributed by atoms with Gasteiger partial charge in [0.05, 0.1) is 5.02 Å². The first-order chi connectivity index (χ1) is 9.47. The third kappa shape index (κ3) is 3.61. The van der Waals surface area contributed by atoms with Crippen molar-refractivity contribution in [2.45, 2.75) is 12.8 Å². The molecule has 0 saturated carbocycles. The van der Waals surface area contributed by atoms with Crippen LogP contribution in [0.2, 0.25) is 5.02 Å².